The average Bonchev–Trinajstić information content (AvgIpc) is 3.34. The summed E-state index contributed by atoms with van der Waals surface area (Å²) in [5, 5.41) is 12.8. The van der Waals surface area contributed by atoms with Crippen LogP contribution in [0.5, 0.6) is 5.88 Å². The molecule has 0 amide bonds. The first-order valence-corrected chi connectivity index (χ1v) is 15.8. The topological polar surface area (TPSA) is 157 Å². The second kappa shape index (κ2) is 13.2. The maximum atomic E-state index is 13.3. The number of nitrogens with one attached hydrogen (secondary N) is 2. The Balaban J connectivity index is 1.66. The molecule has 4 aromatic rings. The fourth-order valence-electron chi connectivity index (χ4n) is 4.59. The van der Waals surface area contributed by atoms with Gasteiger partial charge in [0.05, 0.1) is 21.8 Å². The quantitative estimate of drug-likeness (QED) is 0.164. The summed E-state index contributed by atoms with van der Waals surface area (Å²) in [4.78, 5) is 24.8. The van der Waals surface area contributed by atoms with Crippen LogP contribution in [0.2, 0.25) is 0 Å². The minimum atomic E-state index is -4.22. The fraction of sp³-hybridized carbons (Fsp3) is 0.333. The highest BCUT2D eigenvalue weighted by Crippen LogP contribution is 2.30. The van der Waals surface area contributed by atoms with Crippen LogP contribution in [0.15, 0.2) is 68.9 Å². The lowest BCUT2D eigenvalue weighted by molar-refractivity contribution is 0.0696. The average molecular weight is 673 g/mol. The van der Waals surface area contributed by atoms with Crippen LogP contribution in [0, 0.1) is 19.3 Å². The van der Waals surface area contributed by atoms with Gasteiger partial charge in [0.1, 0.15) is 12.9 Å². The van der Waals surface area contributed by atoms with Crippen molar-refractivity contribution in [3.05, 3.63) is 82.0 Å². The van der Waals surface area contributed by atoms with Crippen LogP contribution in [-0.4, -0.2) is 47.1 Å². The highest BCUT2D eigenvalue weighted by molar-refractivity contribution is 9.10. The van der Waals surface area contributed by atoms with Gasteiger partial charge in [-0.1, -0.05) is 45.0 Å². The first-order valence-electron chi connectivity index (χ1n) is 13.5. The number of hydrogen-bond acceptors (Lipinski definition) is 9. The largest absolute Gasteiger partial charge is 0.478 e. The zero-order valence-corrected chi connectivity index (χ0v) is 26.9. The highest BCUT2D eigenvalue weighted by Gasteiger charge is 2.23. The molecule has 0 bridgehead atoms. The molecule has 0 aliphatic heterocycles. The number of nitrogens with zero attached hydrogens (tertiary/aromatic N) is 3. The lowest BCUT2D eigenvalue weighted by Gasteiger charge is -2.26. The minimum Gasteiger partial charge on any atom is -0.478 e. The van der Waals surface area contributed by atoms with Crippen LogP contribution in [0.4, 0.5) is 5.95 Å². The van der Waals surface area contributed by atoms with Gasteiger partial charge in [0.2, 0.25) is 11.8 Å². The van der Waals surface area contributed by atoms with Gasteiger partial charge in [-0.3, -0.25) is 0 Å². The number of benzene rings is 2. The molecule has 0 aliphatic rings. The molecule has 0 saturated carbocycles. The molecule has 228 valence electrons. The van der Waals surface area contributed by atoms with Crippen LogP contribution in [0.1, 0.15) is 54.4 Å². The molecule has 1 atom stereocenters. The molecule has 4 rings (SSSR count). The van der Waals surface area contributed by atoms with Gasteiger partial charge >= 0.3 is 5.97 Å². The van der Waals surface area contributed by atoms with Gasteiger partial charge in [-0.2, -0.15) is 4.98 Å². The Kier molecular flexibility index (Phi) is 9.88. The molecule has 0 aliphatic carbocycles. The van der Waals surface area contributed by atoms with Gasteiger partial charge in [-0.05, 0) is 55.0 Å². The number of aryl methyl sites for hydroxylation is 2. The third-order valence-corrected chi connectivity index (χ3v) is 8.13. The predicted octanol–water partition coefficient (Wildman–Crippen LogP) is 5.98. The maximum absolute atomic E-state index is 13.3. The normalized spacial score (nSPS) is 12.6. The van der Waals surface area contributed by atoms with Gasteiger partial charge in [0.15, 0.2) is 0 Å². The van der Waals surface area contributed by atoms with Gasteiger partial charge in [-0.25, -0.2) is 27.9 Å². The summed E-state index contributed by atoms with van der Waals surface area (Å²) in [6.45, 7) is 11.0. The monoisotopic (exact) mass is 671 g/mol. The standard InChI is InChI=1S/C30H34BrN5O6S/c1-18-8-6-9-19(2)26(18)24-13-25(41-16-21(14-30(3,4)5)32-15-22-17-42-28(31)33-22)35-29(34-24)36-43(39,40)23-11-7-10-20(12-23)27(37)38/h6-13,17,21,32H,14-16H2,1-5H3,(H,37,38)(H,34,35,36)/t21-/m1/s1. The van der Waals surface area contributed by atoms with E-state index in [1.54, 1.807) is 12.3 Å². The molecule has 13 heteroatoms. The predicted molar refractivity (Wildman–Crippen MR) is 166 cm³/mol. The number of carbonyl (C=O) groups is 1. The first-order chi connectivity index (χ1) is 20.2. The Morgan fingerprint density at radius 1 is 1.07 bits per heavy atom. The third-order valence-electron chi connectivity index (χ3n) is 6.44. The number of ether oxygens (including phenoxy) is 1. The van der Waals surface area contributed by atoms with Crippen molar-refractivity contribution in [2.45, 2.75) is 58.5 Å². The molecule has 0 unspecified atom stereocenters. The molecule has 0 radical (unpaired) electrons. The smallest absolute Gasteiger partial charge is 0.335 e. The van der Waals surface area contributed by atoms with E-state index in [4.69, 9.17) is 9.15 Å². The molecule has 11 nitrogen and oxygen atoms in total. The van der Waals surface area contributed by atoms with Crippen molar-refractivity contribution in [1.82, 2.24) is 20.3 Å². The molecule has 2 heterocycles. The molecule has 2 aromatic heterocycles. The summed E-state index contributed by atoms with van der Waals surface area (Å²) in [5.74, 6) is -1.27. The zero-order chi connectivity index (χ0) is 31.4. The molecular weight excluding hydrogens is 638 g/mol. The number of carboxylic acids is 1. The zero-order valence-electron chi connectivity index (χ0n) is 24.5. The Morgan fingerprint density at radius 2 is 1.77 bits per heavy atom. The van der Waals surface area contributed by atoms with E-state index in [9.17, 15) is 18.3 Å². The molecule has 3 N–H and O–H groups in total. The SMILES string of the molecule is Cc1cccc(C)c1-c1cc(OC[C@@H](CC(C)(C)C)NCc2coc(Br)n2)nc(NS(=O)(=O)c2cccc(C(=O)O)c2)n1. The number of hydrogen-bond donors (Lipinski definition) is 3. The highest BCUT2D eigenvalue weighted by atomic mass is 79.9. The van der Waals surface area contributed by atoms with E-state index in [1.165, 1.54) is 18.2 Å². The molecule has 43 heavy (non-hydrogen) atoms. The number of aromatic nitrogens is 3. The lowest BCUT2D eigenvalue weighted by Crippen LogP contribution is -2.37. The van der Waals surface area contributed by atoms with Crippen molar-refractivity contribution in [2.75, 3.05) is 11.3 Å². The minimum absolute atomic E-state index is 0.0220. The van der Waals surface area contributed by atoms with Crippen LogP contribution in [0.3, 0.4) is 0 Å². The van der Waals surface area contributed by atoms with E-state index in [-0.39, 0.29) is 40.4 Å². The van der Waals surface area contributed by atoms with Crippen LogP contribution >= 0.6 is 15.9 Å². The Morgan fingerprint density at radius 3 is 2.40 bits per heavy atom. The van der Waals surface area contributed by atoms with E-state index < -0.39 is 16.0 Å². The van der Waals surface area contributed by atoms with Crippen molar-refractivity contribution < 1.29 is 27.5 Å². The number of anilines is 1. The van der Waals surface area contributed by atoms with Crippen LogP contribution in [0.25, 0.3) is 11.3 Å². The number of aromatic carboxylic acids is 1. The van der Waals surface area contributed by atoms with Crippen molar-refractivity contribution >= 4 is 37.9 Å². The molecular formula is C30H34BrN5O6S. The second-order valence-corrected chi connectivity index (χ2v) is 13.7. The molecule has 0 spiro atoms. The van der Waals surface area contributed by atoms with Gasteiger partial charge < -0.3 is 19.6 Å². The summed E-state index contributed by atoms with van der Waals surface area (Å²) < 4.78 is 40.3. The summed E-state index contributed by atoms with van der Waals surface area (Å²) in [6.07, 6.45) is 2.33. The van der Waals surface area contributed by atoms with Crippen LogP contribution in [-0.2, 0) is 16.6 Å². The van der Waals surface area contributed by atoms with Crippen LogP contribution < -0.4 is 14.8 Å². The van der Waals surface area contributed by atoms with E-state index in [0.717, 1.165) is 34.9 Å². The van der Waals surface area contributed by atoms with E-state index in [1.807, 2.05) is 32.0 Å². The number of carboxylic acid groups (broad SMARTS) is 1. The first kappa shape index (κ1) is 32.1. The van der Waals surface area contributed by atoms with Crippen molar-refractivity contribution in [2.24, 2.45) is 5.41 Å². The van der Waals surface area contributed by atoms with Gasteiger partial charge in [0, 0.05) is 40.1 Å². The van der Waals surface area contributed by atoms with Gasteiger partial charge in [0.25, 0.3) is 14.8 Å². The number of halogens is 1. The molecule has 0 saturated heterocycles. The lowest BCUT2D eigenvalue weighted by atomic mass is 9.88. The molecule has 2 aromatic carbocycles. The van der Waals surface area contributed by atoms with Crippen molar-refractivity contribution in [3.8, 4) is 17.1 Å². The third kappa shape index (κ3) is 8.85. The van der Waals surface area contributed by atoms with Gasteiger partial charge in [-0.15, -0.1) is 0 Å². The van der Waals surface area contributed by atoms with E-state index in [2.05, 4.69) is 61.7 Å². The summed E-state index contributed by atoms with van der Waals surface area (Å²) in [6, 6.07) is 12.5. The van der Waals surface area contributed by atoms with Crippen molar-refractivity contribution in [1.29, 1.82) is 0 Å². The fourth-order valence-corrected chi connectivity index (χ4v) is 5.90. The summed E-state index contributed by atoms with van der Waals surface area (Å²) in [7, 11) is -4.22. The van der Waals surface area contributed by atoms with Crippen molar-refractivity contribution in [3.63, 3.8) is 0 Å². The van der Waals surface area contributed by atoms with E-state index in [0.29, 0.717) is 17.0 Å². The maximum Gasteiger partial charge on any atom is 0.335 e. The summed E-state index contributed by atoms with van der Waals surface area (Å²) >= 11 is 3.22. The molecule has 0 fully saturated rings. The number of rotatable bonds is 12. The Bertz CT molecular complexity index is 1700. The Hall–Kier alpha value is -3.81. The second-order valence-electron chi connectivity index (χ2n) is 11.4. The number of oxazole rings is 1. The Labute approximate surface area is 259 Å². The number of sulfonamides is 1. The summed E-state index contributed by atoms with van der Waals surface area (Å²) in [5.41, 5.74) is 3.74. The van der Waals surface area contributed by atoms with E-state index >= 15 is 0 Å².